The molecule has 5 nitrogen and oxygen atoms in total. The highest BCUT2D eigenvalue weighted by molar-refractivity contribution is 5.95. The fraction of sp³-hybridized carbons (Fsp3) is 0.500. The average Bonchev–Trinajstić information content (AvgIpc) is 2.91. The van der Waals surface area contributed by atoms with Gasteiger partial charge in [0.1, 0.15) is 0 Å². The van der Waals surface area contributed by atoms with Gasteiger partial charge >= 0.3 is 12.0 Å². The SMILES string of the molecule is CC1CCCN1C(=O)N1CCC(C(=O)O)c2ccccc21. The zero-order valence-corrected chi connectivity index (χ0v) is 12.2. The van der Waals surface area contributed by atoms with E-state index in [-0.39, 0.29) is 12.1 Å². The molecule has 2 aliphatic heterocycles. The van der Waals surface area contributed by atoms with Crippen molar-refractivity contribution in [2.75, 3.05) is 18.0 Å². The standard InChI is InChI=1S/C16H20N2O3/c1-11-5-4-9-17(11)16(21)18-10-8-13(15(19)20)12-6-2-3-7-14(12)18/h2-3,6-7,11,13H,4-5,8-10H2,1H3,(H,19,20). The number of hydrogen-bond acceptors (Lipinski definition) is 2. The second-order valence-corrected chi connectivity index (χ2v) is 5.86. The molecule has 0 aliphatic carbocycles. The van der Waals surface area contributed by atoms with Crippen molar-refractivity contribution < 1.29 is 14.7 Å². The number of nitrogens with zero attached hydrogens (tertiary/aromatic N) is 2. The van der Waals surface area contributed by atoms with Crippen LogP contribution in [-0.4, -0.2) is 41.1 Å². The summed E-state index contributed by atoms with van der Waals surface area (Å²) in [6, 6.07) is 7.64. The van der Waals surface area contributed by atoms with Gasteiger partial charge in [-0.3, -0.25) is 9.69 Å². The Morgan fingerprint density at radius 2 is 1.95 bits per heavy atom. The van der Waals surface area contributed by atoms with Crippen LogP contribution in [0.4, 0.5) is 10.5 Å². The second kappa shape index (κ2) is 5.39. The lowest BCUT2D eigenvalue weighted by molar-refractivity contribution is -0.139. The van der Waals surface area contributed by atoms with Crippen molar-refractivity contribution in [2.24, 2.45) is 0 Å². The first-order chi connectivity index (χ1) is 10.1. The summed E-state index contributed by atoms with van der Waals surface area (Å²) < 4.78 is 0. The van der Waals surface area contributed by atoms with E-state index in [0.29, 0.717) is 13.0 Å². The Morgan fingerprint density at radius 3 is 2.62 bits per heavy atom. The molecule has 1 aromatic carbocycles. The van der Waals surface area contributed by atoms with Gasteiger partial charge in [-0.25, -0.2) is 4.79 Å². The Hall–Kier alpha value is -2.04. The maximum absolute atomic E-state index is 12.8. The quantitative estimate of drug-likeness (QED) is 0.864. The van der Waals surface area contributed by atoms with Crippen LogP contribution in [0.2, 0.25) is 0 Å². The van der Waals surface area contributed by atoms with Crippen molar-refractivity contribution in [3.8, 4) is 0 Å². The molecule has 21 heavy (non-hydrogen) atoms. The van der Waals surface area contributed by atoms with Crippen LogP contribution in [0.1, 0.15) is 37.7 Å². The summed E-state index contributed by atoms with van der Waals surface area (Å²) >= 11 is 0. The lowest BCUT2D eigenvalue weighted by atomic mass is 9.90. The lowest BCUT2D eigenvalue weighted by Crippen LogP contribution is -2.47. The topological polar surface area (TPSA) is 60.9 Å². The number of urea groups is 1. The minimum absolute atomic E-state index is 0.0105. The largest absolute Gasteiger partial charge is 0.481 e. The van der Waals surface area contributed by atoms with Crippen LogP contribution >= 0.6 is 0 Å². The van der Waals surface area contributed by atoms with Gasteiger partial charge in [0.05, 0.1) is 5.92 Å². The van der Waals surface area contributed by atoms with E-state index in [2.05, 4.69) is 6.92 Å². The van der Waals surface area contributed by atoms with Crippen molar-refractivity contribution in [2.45, 2.75) is 38.1 Å². The summed E-state index contributed by atoms with van der Waals surface area (Å²) in [5, 5.41) is 9.35. The summed E-state index contributed by atoms with van der Waals surface area (Å²) in [4.78, 5) is 27.8. The van der Waals surface area contributed by atoms with E-state index in [0.717, 1.165) is 30.6 Å². The summed E-state index contributed by atoms with van der Waals surface area (Å²) in [6.45, 7) is 3.33. The van der Waals surface area contributed by atoms with Crippen LogP contribution in [0.15, 0.2) is 24.3 Å². The van der Waals surface area contributed by atoms with Crippen LogP contribution in [0, 0.1) is 0 Å². The van der Waals surface area contributed by atoms with E-state index in [1.165, 1.54) is 0 Å². The summed E-state index contributed by atoms with van der Waals surface area (Å²) in [5.74, 6) is -1.33. The third kappa shape index (κ3) is 2.37. The maximum Gasteiger partial charge on any atom is 0.324 e. The van der Waals surface area contributed by atoms with Crippen LogP contribution in [-0.2, 0) is 4.79 Å². The summed E-state index contributed by atoms with van der Waals surface area (Å²) in [5.41, 5.74) is 1.50. The maximum atomic E-state index is 12.8. The molecular formula is C16H20N2O3. The first-order valence-corrected chi connectivity index (χ1v) is 7.49. The normalized spacial score (nSPS) is 24.8. The van der Waals surface area contributed by atoms with Crippen molar-refractivity contribution in [3.63, 3.8) is 0 Å². The summed E-state index contributed by atoms with van der Waals surface area (Å²) in [6.07, 6.45) is 2.55. The van der Waals surface area contributed by atoms with Gasteiger partial charge in [-0.2, -0.15) is 0 Å². The number of fused-ring (bicyclic) bond motifs is 1. The fourth-order valence-corrected chi connectivity index (χ4v) is 3.39. The number of anilines is 1. The molecule has 0 saturated carbocycles. The smallest absolute Gasteiger partial charge is 0.324 e. The molecule has 5 heteroatoms. The molecule has 112 valence electrons. The van der Waals surface area contributed by atoms with Gasteiger partial charge in [0.15, 0.2) is 0 Å². The number of carbonyl (C=O) groups excluding carboxylic acids is 1. The van der Waals surface area contributed by atoms with Gasteiger partial charge in [0.25, 0.3) is 0 Å². The lowest BCUT2D eigenvalue weighted by Gasteiger charge is -2.36. The minimum Gasteiger partial charge on any atom is -0.481 e. The van der Waals surface area contributed by atoms with Gasteiger partial charge in [-0.1, -0.05) is 18.2 Å². The van der Waals surface area contributed by atoms with Crippen LogP contribution < -0.4 is 4.90 Å². The third-order valence-electron chi connectivity index (χ3n) is 4.57. The van der Waals surface area contributed by atoms with Gasteiger partial charge in [-0.15, -0.1) is 0 Å². The van der Waals surface area contributed by atoms with E-state index < -0.39 is 11.9 Å². The number of benzene rings is 1. The molecule has 0 bridgehead atoms. The van der Waals surface area contributed by atoms with E-state index >= 15 is 0 Å². The van der Waals surface area contributed by atoms with Crippen LogP contribution in [0.3, 0.4) is 0 Å². The molecule has 3 rings (SSSR count). The average molecular weight is 288 g/mol. The molecule has 0 radical (unpaired) electrons. The highest BCUT2D eigenvalue weighted by Crippen LogP contribution is 2.36. The van der Waals surface area contributed by atoms with E-state index in [9.17, 15) is 14.7 Å². The molecule has 2 atom stereocenters. The summed E-state index contributed by atoms with van der Waals surface area (Å²) in [7, 11) is 0. The second-order valence-electron chi connectivity index (χ2n) is 5.86. The predicted molar refractivity (Wildman–Crippen MR) is 79.6 cm³/mol. The van der Waals surface area contributed by atoms with Crippen molar-refractivity contribution >= 4 is 17.7 Å². The highest BCUT2D eigenvalue weighted by atomic mass is 16.4. The Kier molecular flexibility index (Phi) is 3.57. The number of likely N-dealkylation sites (tertiary alicyclic amines) is 1. The predicted octanol–water partition coefficient (Wildman–Crippen LogP) is 2.67. The first-order valence-electron chi connectivity index (χ1n) is 7.49. The number of para-hydroxylation sites is 1. The van der Waals surface area contributed by atoms with Gasteiger partial charge in [0.2, 0.25) is 0 Å². The Morgan fingerprint density at radius 1 is 1.19 bits per heavy atom. The fourth-order valence-electron chi connectivity index (χ4n) is 3.39. The number of aliphatic carboxylic acids is 1. The zero-order chi connectivity index (χ0) is 15.0. The molecule has 1 aromatic rings. The number of hydrogen-bond donors (Lipinski definition) is 1. The van der Waals surface area contributed by atoms with Crippen molar-refractivity contribution in [1.29, 1.82) is 0 Å². The monoisotopic (exact) mass is 288 g/mol. The first kappa shape index (κ1) is 13.9. The molecule has 1 saturated heterocycles. The number of carbonyl (C=O) groups is 2. The number of amides is 2. The molecular weight excluding hydrogens is 268 g/mol. The molecule has 0 aromatic heterocycles. The molecule has 1 N–H and O–H groups in total. The molecule has 2 heterocycles. The molecule has 2 aliphatic rings. The highest BCUT2D eigenvalue weighted by Gasteiger charge is 2.36. The Labute approximate surface area is 124 Å². The number of rotatable bonds is 1. The Bertz CT molecular complexity index is 572. The van der Waals surface area contributed by atoms with Gasteiger partial charge in [0, 0.05) is 24.8 Å². The van der Waals surface area contributed by atoms with Crippen LogP contribution in [0.5, 0.6) is 0 Å². The van der Waals surface area contributed by atoms with E-state index in [4.69, 9.17) is 0 Å². The van der Waals surface area contributed by atoms with Gasteiger partial charge < -0.3 is 10.0 Å². The van der Waals surface area contributed by atoms with E-state index in [1.807, 2.05) is 29.2 Å². The molecule has 0 spiro atoms. The van der Waals surface area contributed by atoms with E-state index in [1.54, 1.807) is 4.90 Å². The van der Waals surface area contributed by atoms with Gasteiger partial charge in [-0.05, 0) is 37.8 Å². The number of carboxylic acids is 1. The third-order valence-corrected chi connectivity index (χ3v) is 4.57. The molecule has 2 amide bonds. The van der Waals surface area contributed by atoms with Crippen LogP contribution in [0.25, 0.3) is 0 Å². The minimum atomic E-state index is -0.816. The zero-order valence-electron chi connectivity index (χ0n) is 12.2. The Balaban J connectivity index is 1.92. The molecule has 2 unspecified atom stereocenters. The van der Waals surface area contributed by atoms with Crippen molar-refractivity contribution in [1.82, 2.24) is 4.90 Å². The van der Waals surface area contributed by atoms with Crippen molar-refractivity contribution in [3.05, 3.63) is 29.8 Å². The molecule has 1 fully saturated rings. The number of carboxylic acid groups (broad SMARTS) is 1.